The third kappa shape index (κ3) is 3.73. The third-order valence-corrected chi connectivity index (χ3v) is 4.70. The molecule has 0 saturated carbocycles. The van der Waals surface area contributed by atoms with Crippen LogP contribution < -0.4 is 0 Å². The van der Waals surface area contributed by atoms with Crippen LogP contribution in [0.3, 0.4) is 0 Å². The van der Waals surface area contributed by atoms with E-state index >= 15 is 0 Å². The van der Waals surface area contributed by atoms with Gasteiger partial charge in [-0.2, -0.15) is 13.2 Å². The van der Waals surface area contributed by atoms with E-state index in [2.05, 4.69) is 5.16 Å². The molecule has 0 aromatic heterocycles. The molecule has 2 aromatic carbocycles. The zero-order chi connectivity index (χ0) is 21.6. The van der Waals surface area contributed by atoms with E-state index in [1.165, 1.54) is 6.07 Å². The van der Waals surface area contributed by atoms with Crippen molar-refractivity contribution >= 4 is 40.6 Å². The molecule has 0 aliphatic carbocycles. The van der Waals surface area contributed by atoms with Gasteiger partial charge in [-0.3, -0.25) is 10.1 Å². The standard InChI is InChI=1S/C17H9Cl2F3N2O5/c18-10-4-9(5-11(19)6-10)16(17(20,21)22)7-13(23-29-16)12-2-1-8(15(25)26)3-14(12)24(27)28/h1-6H,7H2,(H,25,26). The first-order valence-electron chi connectivity index (χ1n) is 7.75. The van der Waals surface area contributed by atoms with Crippen LogP contribution in [0.2, 0.25) is 10.0 Å². The van der Waals surface area contributed by atoms with Crippen LogP contribution in [0.4, 0.5) is 18.9 Å². The molecule has 1 aliphatic heterocycles. The topological polar surface area (TPSA) is 102 Å². The lowest BCUT2D eigenvalue weighted by atomic mass is 9.86. The van der Waals surface area contributed by atoms with Gasteiger partial charge < -0.3 is 9.94 Å². The van der Waals surface area contributed by atoms with Crippen molar-refractivity contribution in [2.24, 2.45) is 5.16 Å². The van der Waals surface area contributed by atoms with Crippen LogP contribution in [0.15, 0.2) is 41.6 Å². The second-order valence-corrected chi connectivity index (χ2v) is 6.96. The van der Waals surface area contributed by atoms with Crippen LogP contribution >= 0.6 is 23.2 Å². The number of carbonyl (C=O) groups is 1. The predicted octanol–water partition coefficient (Wildman–Crippen LogP) is 5.18. The number of nitro groups is 1. The van der Waals surface area contributed by atoms with Gasteiger partial charge in [0.15, 0.2) is 0 Å². The minimum absolute atomic E-state index is 0.0648. The van der Waals surface area contributed by atoms with Gasteiger partial charge in [-0.15, -0.1) is 0 Å². The summed E-state index contributed by atoms with van der Waals surface area (Å²) in [5, 5.41) is 23.6. The molecule has 1 N–H and O–H groups in total. The molecule has 1 aliphatic rings. The molecule has 0 spiro atoms. The number of carboxylic acid groups (broad SMARTS) is 1. The van der Waals surface area contributed by atoms with Gasteiger partial charge in [-0.1, -0.05) is 28.4 Å². The molecule has 12 heteroatoms. The molecule has 29 heavy (non-hydrogen) atoms. The van der Waals surface area contributed by atoms with E-state index in [-0.39, 0.29) is 21.3 Å². The van der Waals surface area contributed by atoms with E-state index in [1.807, 2.05) is 0 Å². The van der Waals surface area contributed by atoms with Crippen molar-refractivity contribution < 1.29 is 32.8 Å². The Bertz CT molecular complexity index is 1040. The largest absolute Gasteiger partial charge is 0.478 e. The molecule has 2 aromatic rings. The molecule has 1 heterocycles. The molecule has 0 amide bonds. The summed E-state index contributed by atoms with van der Waals surface area (Å²) >= 11 is 11.6. The van der Waals surface area contributed by atoms with Gasteiger partial charge >= 0.3 is 12.1 Å². The van der Waals surface area contributed by atoms with Crippen LogP contribution in [0.5, 0.6) is 0 Å². The Labute approximate surface area is 170 Å². The summed E-state index contributed by atoms with van der Waals surface area (Å²) in [6, 6.07) is 6.05. The molecule has 3 rings (SSSR count). The smallest absolute Gasteiger partial charge is 0.435 e. The summed E-state index contributed by atoms with van der Waals surface area (Å²) in [5.74, 6) is -1.43. The van der Waals surface area contributed by atoms with E-state index in [4.69, 9.17) is 33.1 Å². The minimum atomic E-state index is -4.97. The van der Waals surface area contributed by atoms with Crippen LogP contribution in [-0.2, 0) is 10.4 Å². The van der Waals surface area contributed by atoms with Crippen molar-refractivity contribution in [3.8, 4) is 0 Å². The van der Waals surface area contributed by atoms with E-state index in [0.29, 0.717) is 0 Å². The lowest BCUT2D eigenvalue weighted by molar-refractivity contribution is -0.385. The first kappa shape index (κ1) is 20.9. The number of hydrogen-bond acceptors (Lipinski definition) is 5. The number of rotatable bonds is 4. The van der Waals surface area contributed by atoms with Crippen molar-refractivity contribution in [3.63, 3.8) is 0 Å². The highest BCUT2D eigenvalue weighted by atomic mass is 35.5. The highest BCUT2D eigenvalue weighted by molar-refractivity contribution is 6.34. The Hall–Kier alpha value is -2.85. The molecular weight excluding hydrogens is 440 g/mol. The molecule has 1 unspecified atom stereocenters. The number of nitro benzene ring substituents is 1. The normalized spacial score (nSPS) is 18.9. The number of alkyl halides is 3. The Morgan fingerprint density at radius 3 is 2.34 bits per heavy atom. The summed E-state index contributed by atoms with van der Waals surface area (Å²) in [5.41, 5.74) is -5.17. The first-order chi connectivity index (χ1) is 13.4. The van der Waals surface area contributed by atoms with Gasteiger partial charge in [-0.05, 0) is 30.3 Å². The van der Waals surface area contributed by atoms with E-state index in [1.54, 1.807) is 0 Å². The summed E-state index contributed by atoms with van der Waals surface area (Å²) in [6.45, 7) is 0. The van der Waals surface area contributed by atoms with Gasteiger partial charge in [0, 0.05) is 21.7 Å². The van der Waals surface area contributed by atoms with Gasteiger partial charge in [0.1, 0.15) is 0 Å². The van der Waals surface area contributed by atoms with Crippen molar-refractivity contribution in [2.45, 2.75) is 18.2 Å². The van der Waals surface area contributed by atoms with Crippen molar-refractivity contribution in [1.82, 2.24) is 0 Å². The van der Waals surface area contributed by atoms with Gasteiger partial charge in [0.2, 0.25) is 0 Å². The fourth-order valence-corrected chi connectivity index (χ4v) is 3.42. The SMILES string of the molecule is O=C(O)c1ccc(C2=NOC(c3cc(Cl)cc(Cl)c3)(C(F)(F)F)C2)c([N+](=O)[O-])c1. The van der Waals surface area contributed by atoms with Crippen LogP contribution in [0.1, 0.15) is 27.9 Å². The fraction of sp³-hybridized carbons (Fsp3) is 0.176. The molecule has 0 bridgehead atoms. The summed E-state index contributed by atoms with van der Waals surface area (Å²) in [4.78, 5) is 26.2. The Balaban J connectivity index is 2.10. The molecule has 0 saturated heterocycles. The summed E-state index contributed by atoms with van der Waals surface area (Å²) < 4.78 is 42.0. The second kappa shape index (κ2) is 7.20. The van der Waals surface area contributed by atoms with Crippen molar-refractivity contribution in [2.75, 3.05) is 0 Å². The molecule has 152 valence electrons. The highest BCUT2D eigenvalue weighted by Gasteiger charge is 2.62. The van der Waals surface area contributed by atoms with Gasteiger partial charge in [-0.25, -0.2) is 4.79 Å². The number of hydrogen-bond donors (Lipinski definition) is 1. The second-order valence-electron chi connectivity index (χ2n) is 6.08. The van der Waals surface area contributed by atoms with E-state index in [9.17, 15) is 28.1 Å². The fourth-order valence-electron chi connectivity index (χ4n) is 2.89. The molecular formula is C17H9Cl2F3N2O5. The summed E-state index contributed by atoms with van der Waals surface area (Å²) in [6.07, 6.45) is -5.87. The van der Waals surface area contributed by atoms with Gasteiger partial charge in [0.05, 0.1) is 28.2 Å². The molecule has 1 atom stereocenters. The lowest BCUT2D eigenvalue weighted by Gasteiger charge is -2.29. The monoisotopic (exact) mass is 448 g/mol. The Morgan fingerprint density at radius 2 is 1.83 bits per heavy atom. The average Bonchev–Trinajstić information content (AvgIpc) is 3.06. The number of benzene rings is 2. The number of oxime groups is 1. The number of halogens is 5. The van der Waals surface area contributed by atoms with Gasteiger partial charge in [0.25, 0.3) is 11.3 Å². The maximum atomic E-state index is 14.0. The lowest BCUT2D eigenvalue weighted by Crippen LogP contribution is -2.42. The highest BCUT2D eigenvalue weighted by Crippen LogP contribution is 2.50. The Kier molecular flexibility index (Phi) is 5.18. The maximum absolute atomic E-state index is 14.0. The van der Waals surface area contributed by atoms with E-state index < -0.39 is 45.9 Å². The molecule has 0 fully saturated rings. The predicted molar refractivity (Wildman–Crippen MR) is 96.5 cm³/mol. The van der Waals surface area contributed by atoms with Crippen molar-refractivity contribution in [3.05, 3.63) is 73.2 Å². The number of nitrogens with zero attached hydrogens (tertiary/aromatic N) is 2. The average molecular weight is 449 g/mol. The van der Waals surface area contributed by atoms with E-state index in [0.717, 1.165) is 30.3 Å². The maximum Gasteiger partial charge on any atom is 0.435 e. The number of carboxylic acids is 1. The zero-order valence-electron chi connectivity index (χ0n) is 14.0. The van der Waals surface area contributed by atoms with Crippen LogP contribution in [-0.4, -0.2) is 27.9 Å². The van der Waals surface area contributed by atoms with Crippen LogP contribution in [0, 0.1) is 10.1 Å². The molecule has 0 radical (unpaired) electrons. The third-order valence-electron chi connectivity index (χ3n) is 4.27. The Morgan fingerprint density at radius 1 is 1.21 bits per heavy atom. The summed E-state index contributed by atoms with van der Waals surface area (Å²) in [7, 11) is 0. The zero-order valence-corrected chi connectivity index (χ0v) is 15.5. The van der Waals surface area contributed by atoms with Crippen LogP contribution in [0.25, 0.3) is 0 Å². The minimum Gasteiger partial charge on any atom is -0.478 e. The quantitative estimate of drug-likeness (QED) is 0.512. The van der Waals surface area contributed by atoms with Crippen molar-refractivity contribution in [1.29, 1.82) is 0 Å². The first-order valence-corrected chi connectivity index (χ1v) is 8.50. The molecule has 7 nitrogen and oxygen atoms in total. The number of aromatic carboxylic acids is 1.